The van der Waals surface area contributed by atoms with Gasteiger partial charge in [0.25, 0.3) is 0 Å². The fourth-order valence-corrected chi connectivity index (χ4v) is 2.65. The lowest BCUT2D eigenvalue weighted by Gasteiger charge is -2.12. The number of phenols is 1. The van der Waals surface area contributed by atoms with Crippen molar-refractivity contribution in [3.05, 3.63) is 65.2 Å². The highest BCUT2D eigenvalue weighted by Gasteiger charge is 2.14. The predicted molar refractivity (Wildman–Crippen MR) is 96.5 cm³/mol. The molecule has 0 aromatic heterocycles. The molecule has 0 saturated heterocycles. The average molecular weight is 358 g/mol. The lowest BCUT2D eigenvalue weighted by Crippen LogP contribution is -2.32. The topological polar surface area (TPSA) is 92.8 Å². The summed E-state index contributed by atoms with van der Waals surface area (Å²) in [6.45, 7) is 0. The van der Waals surface area contributed by atoms with Gasteiger partial charge in [-0.05, 0) is 59.2 Å². The van der Waals surface area contributed by atoms with Gasteiger partial charge in [0.1, 0.15) is 23.3 Å². The Hall–Kier alpha value is -2.76. The maximum atomic E-state index is 10.9. The molecule has 5 nitrogen and oxygen atoms in total. The van der Waals surface area contributed by atoms with Crippen molar-refractivity contribution in [2.75, 3.05) is 0 Å². The Labute approximate surface area is 149 Å². The molecule has 4 N–H and O–H groups in total. The summed E-state index contributed by atoms with van der Waals surface area (Å²) >= 11 is 6.18. The summed E-state index contributed by atoms with van der Waals surface area (Å²) in [6, 6.07) is 14.6. The minimum atomic E-state index is -1.06. The zero-order valence-corrected chi connectivity index (χ0v) is 13.9. The second-order valence-corrected chi connectivity index (χ2v) is 6.12. The highest BCUT2D eigenvalue weighted by molar-refractivity contribution is 6.32. The number of nitrogens with two attached hydrogens (primary N) is 1. The molecule has 0 aliphatic carbocycles. The molecule has 0 fully saturated rings. The average Bonchev–Trinajstić information content (AvgIpc) is 2.58. The van der Waals surface area contributed by atoms with Crippen molar-refractivity contribution >= 4 is 28.3 Å². The summed E-state index contributed by atoms with van der Waals surface area (Å²) in [5.41, 5.74) is 6.29. The number of aliphatic carboxylic acids is 1. The maximum absolute atomic E-state index is 10.9. The minimum Gasteiger partial charge on any atom is -0.508 e. The van der Waals surface area contributed by atoms with Crippen molar-refractivity contribution in [2.24, 2.45) is 5.73 Å². The Bertz CT molecular complexity index is 942. The largest absolute Gasteiger partial charge is 0.508 e. The van der Waals surface area contributed by atoms with E-state index in [1.165, 1.54) is 0 Å². The van der Waals surface area contributed by atoms with E-state index in [0.29, 0.717) is 16.5 Å². The van der Waals surface area contributed by atoms with E-state index >= 15 is 0 Å². The molecule has 3 aromatic rings. The van der Waals surface area contributed by atoms with Crippen molar-refractivity contribution in [1.29, 1.82) is 0 Å². The van der Waals surface area contributed by atoms with Crippen molar-refractivity contribution in [3.8, 4) is 17.2 Å². The zero-order valence-electron chi connectivity index (χ0n) is 13.1. The molecule has 3 rings (SSSR count). The van der Waals surface area contributed by atoms with Gasteiger partial charge in [-0.2, -0.15) is 0 Å². The molecular formula is C19H16ClNO4. The Morgan fingerprint density at radius 1 is 1.08 bits per heavy atom. The first-order chi connectivity index (χ1) is 11.9. The number of hydrogen-bond acceptors (Lipinski definition) is 4. The number of carbonyl (C=O) groups is 1. The molecule has 0 amide bonds. The number of hydrogen-bond donors (Lipinski definition) is 3. The van der Waals surface area contributed by atoms with Gasteiger partial charge in [0, 0.05) is 0 Å². The smallest absolute Gasteiger partial charge is 0.320 e. The third-order valence-electron chi connectivity index (χ3n) is 3.79. The van der Waals surface area contributed by atoms with Crippen LogP contribution in [-0.2, 0) is 11.2 Å². The van der Waals surface area contributed by atoms with Gasteiger partial charge in [0.05, 0.1) is 5.02 Å². The normalized spacial score (nSPS) is 12.1. The van der Waals surface area contributed by atoms with Crippen LogP contribution >= 0.6 is 11.6 Å². The van der Waals surface area contributed by atoms with Crippen LogP contribution in [0.25, 0.3) is 10.8 Å². The van der Waals surface area contributed by atoms with Crippen LogP contribution in [0, 0.1) is 0 Å². The Balaban J connectivity index is 1.86. The summed E-state index contributed by atoms with van der Waals surface area (Å²) in [7, 11) is 0. The first-order valence-electron chi connectivity index (χ1n) is 7.60. The zero-order chi connectivity index (χ0) is 18.0. The third kappa shape index (κ3) is 4.02. The van der Waals surface area contributed by atoms with E-state index in [4.69, 9.17) is 27.2 Å². The fourth-order valence-electron chi connectivity index (χ4n) is 2.50. The second kappa shape index (κ2) is 7.01. The third-order valence-corrected chi connectivity index (χ3v) is 4.10. The van der Waals surface area contributed by atoms with Gasteiger partial charge < -0.3 is 20.7 Å². The van der Waals surface area contributed by atoms with Crippen molar-refractivity contribution in [1.82, 2.24) is 0 Å². The molecule has 6 heteroatoms. The molecule has 3 aromatic carbocycles. The van der Waals surface area contributed by atoms with Crippen LogP contribution in [0.2, 0.25) is 5.02 Å². The molecule has 0 bridgehead atoms. The lowest BCUT2D eigenvalue weighted by atomic mass is 10.1. The van der Waals surface area contributed by atoms with Gasteiger partial charge in [0.2, 0.25) is 0 Å². The van der Waals surface area contributed by atoms with Crippen LogP contribution in [0.15, 0.2) is 54.6 Å². The van der Waals surface area contributed by atoms with E-state index in [9.17, 15) is 9.90 Å². The number of carboxylic acid groups (broad SMARTS) is 1. The van der Waals surface area contributed by atoms with Crippen LogP contribution < -0.4 is 10.5 Å². The Kier molecular flexibility index (Phi) is 4.79. The van der Waals surface area contributed by atoms with Gasteiger partial charge in [-0.25, -0.2) is 0 Å². The van der Waals surface area contributed by atoms with Crippen LogP contribution in [0.1, 0.15) is 5.56 Å². The number of aromatic hydroxyl groups is 1. The monoisotopic (exact) mass is 357 g/mol. The summed E-state index contributed by atoms with van der Waals surface area (Å²) < 4.78 is 5.85. The number of ether oxygens (including phenoxy) is 1. The summed E-state index contributed by atoms with van der Waals surface area (Å²) in [5, 5.41) is 20.7. The SMILES string of the molecule is NC(Cc1ccc(Cl)c(Oc2ccc3cc(O)ccc3c2)c1)C(=O)O. The van der Waals surface area contributed by atoms with E-state index in [1.807, 2.05) is 12.1 Å². The molecule has 0 aliphatic rings. The summed E-state index contributed by atoms with van der Waals surface area (Å²) in [6.07, 6.45) is 0.180. The molecule has 1 unspecified atom stereocenters. The van der Waals surface area contributed by atoms with Crippen LogP contribution in [-0.4, -0.2) is 22.2 Å². The van der Waals surface area contributed by atoms with Crippen molar-refractivity contribution in [2.45, 2.75) is 12.5 Å². The van der Waals surface area contributed by atoms with Crippen LogP contribution in [0.4, 0.5) is 0 Å². The van der Waals surface area contributed by atoms with E-state index in [0.717, 1.165) is 16.3 Å². The highest BCUT2D eigenvalue weighted by atomic mass is 35.5. The first kappa shape index (κ1) is 17.1. The highest BCUT2D eigenvalue weighted by Crippen LogP contribution is 2.32. The van der Waals surface area contributed by atoms with E-state index in [-0.39, 0.29) is 12.2 Å². The van der Waals surface area contributed by atoms with Gasteiger partial charge in [-0.15, -0.1) is 0 Å². The number of fused-ring (bicyclic) bond motifs is 1. The number of benzene rings is 3. The molecule has 0 saturated carbocycles. The number of phenolic OH excluding ortho intramolecular Hbond substituents is 1. The van der Waals surface area contributed by atoms with E-state index in [2.05, 4.69) is 0 Å². The molecule has 0 radical (unpaired) electrons. The molecule has 25 heavy (non-hydrogen) atoms. The standard InChI is InChI=1S/C19H16ClNO4/c20-16-6-1-11(7-17(21)19(23)24)8-18(16)25-15-5-3-12-9-14(22)4-2-13(12)10-15/h1-6,8-10,17,22H,7,21H2,(H,23,24). The molecule has 1 atom stereocenters. The van der Waals surface area contributed by atoms with Gasteiger partial charge in [0.15, 0.2) is 0 Å². The molecular weight excluding hydrogens is 342 g/mol. The van der Waals surface area contributed by atoms with Crippen molar-refractivity contribution < 1.29 is 19.7 Å². The Morgan fingerprint density at radius 2 is 1.80 bits per heavy atom. The maximum Gasteiger partial charge on any atom is 0.320 e. The second-order valence-electron chi connectivity index (χ2n) is 5.71. The molecule has 0 spiro atoms. The van der Waals surface area contributed by atoms with Gasteiger partial charge in [-0.1, -0.05) is 29.8 Å². The lowest BCUT2D eigenvalue weighted by molar-refractivity contribution is -0.138. The quantitative estimate of drug-likeness (QED) is 0.643. The van der Waals surface area contributed by atoms with Gasteiger partial charge >= 0.3 is 5.97 Å². The van der Waals surface area contributed by atoms with E-state index in [1.54, 1.807) is 42.5 Å². The summed E-state index contributed by atoms with van der Waals surface area (Å²) in [5.74, 6) is 0.150. The number of rotatable bonds is 5. The first-order valence-corrected chi connectivity index (χ1v) is 7.97. The molecule has 0 heterocycles. The molecule has 0 aliphatic heterocycles. The van der Waals surface area contributed by atoms with E-state index < -0.39 is 12.0 Å². The number of carboxylic acids is 1. The van der Waals surface area contributed by atoms with Crippen LogP contribution in [0.3, 0.4) is 0 Å². The fraction of sp³-hybridized carbons (Fsp3) is 0.105. The van der Waals surface area contributed by atoms with Crippen molar-refractivity contribution in [3.63, 3.8) is 0 Å². The minimum absolute atomic E-state index is 0.180. The summed E-state index contributed by atoms with van der Waals surface area (Å²) in [4.78, 5) is 10.9. The Morgan fingerprint density at radius 3 is 2.56 bits per heavy atom. The molecule has 128 valence electrons. The van der Waals surface area contributed by atoms with Gasteiger partial charge in [-0.3, -0.25) is 4.79 Å². The predicted octanol–water partition coefficient (Wildman–Crippen LogP) is 3.95. The number of halogens is 1. The van der Waals surface area contributed by atoms with Crippen LogP contribution in [0.5, 0.6) is 17.2 Å².